The second-order valence-corrected chi connectivity index (χ2v) is 6.88. The number of rotatable bonds is 6. The minimum absolute atomic E-state index is 0.0234. The molecular weight excluding hydrogens is 316 g/mol. The summed E-state index contributed by atoms with van der Waals surface area (Å²) in [7, 11) is 0. The number of carbonyl (C=O) groups is 2. The first-order chi connectivity index (χ1) is 12.0. The molecule has 0 atom stereocenters. The Labute approximate surface area is 150 Å². The summed E-state index contributed by atoms with van der Waals surface area (Å²) in [4.78, 5) is 26.4. The highest BCUT2D eigenvalue weighted by Gasteiger charge is 2.28. The fourth-order valence-electron chi connectivity index (χ4n) is 3.37. The van der Waals surface area contributed by atoms with Crippen molar-refractivity contribution in [3.63, 3.8) is 0 Å². The molecule has 1 aromatic rings. The lowest BCUT2D eigenvalue weighted by molar-refractivity contribution is 0.0246. The van der Waals surface area contributed by atoms with Gasteiger partial charge in [-0.3, -0.25) is 9.59 Å². The molecule has 2 rings (SSSR count). The zero-order chi connectivity index (χ0) is 18.3. The first-order valence-corrected chi connectivity index (χ1v) is 9.39. The van der Waals surface area contributed by atoms with Gasteiger partial charge in [0.05, 0.1) is 5.60 Å². The Bertz CT molecular complexity index is 571. The van der Waals surface area contributed by atoms with Crippen LogP contribution < -0.4 is 5.32 Å². The second kappa shape index (κ2) is 8.99. The van der Waals surface area contributed by atoms with Crippen LogP contribution in [0.15, 0.2) is 24.3 Å². The first-order valence-electron chi connectivity index (χ1n) is 9.39. The van der Waals surface area contributed by atoms with Gasteiger partial charge in [-0.15, -0.1) is 0 Å². The van der Waals surface area contributed by atoms with Crippen molar-refractivity contribution in [3.8, 4) is 0 Å². The number of nitrogens with zero attached hydrogens (tertiary/aromatic N) is 1. The van der Waals surface area contributed by atoms with Crippen molar-refractivity contribution in [2.24, 2.45) is 0 Å². The Morgan fingerprint density at radius 2 is 1.52 bits per heavy atom. The molecule has 0 aromatic heterocycles. The van der Waals surface area contributed by atoms with E-state index >= 15 is 0 Å². The van der Waals surface area contributed by atoms with Crippen molar-refractivity contribution < 1.29 is 14.7 Å². The molecule has 2 N–H and O–H groups in total. The molecule has 0 bridgehead atoms. The molecule has 1 aliphatic carbocycles. The number of hydrogen-bond acceptors (Lipinski definition) is 3. The second-order valence-electron chi connectivity index (χ2n) is 6.88. The van der Waals surface area contributed by atoms with Crippen molar-refractivity contribution >= 4 is 11.8 Å². The van der Waals surface area contributed by atoms with Crippen LogP contribution in [0.4, 0.5) is 0 Å². The molecule has 1 saturated carbocycles. The van der Waals surface area contributed by atoms with Crippen LogP contribution in [0.25, 0.3) is 0 Å². The largest absolute Gasteiger partial charge is 0.388 e. The Hall–Kier alpha value is -1.88. The van der Waals surface area contributed by atoms with Crippen LogP contribution in [0.1, 0.15) is 73.1 Å². The summed E-state index contributed by atoms with van der Waals surface area (Å²) < 4.78 is 0. The molecule has 1 aromatic carbocycles. The van der Waals surface area contributed by atoms with Crippen molar-refractivity contribution in [1.82, 2.24) is 10.2 Å². The number of amides is 2. The van der Waals surface area contributed by atoms with Crippen LogP contribution in [0.5, 0.6) is 0 Å². The Morgan fingerprint density at radius 3 is 2.04 bits per heavy atom. The maximum Gasteiger partial charge on any atom is 0.253 e. The van der Waals surface area contributed by atoms with Gasteiger partial charge in [0.15, 0.2) is 0 Å². The summed E-state index contributed by atoms with van der Waals surface area (Å²) in [6, 6.07) is 6.72. The molecular formula is C20H30N2O3. The lowest BCUT2D eigenvalue weighted by Crippen LogP contribution is -2.42. The highest BCUT2D eigenvalue weighted by molar-refractivity contribution is 5.97. The van der Waals surface area contributed by atoms with Gasteiger partial charge in [0, 0.05) is 30.8 Å². The molecule has 5 heteroatoms. The topological polar surface area (TPSA) is 69.6 Å². The van der Waals surface area contributed by atoms with E-state index < -0.39 is 5.60 Å². The van der Waals surface area contributed by atoms with Crippen molar-refractivity contribution in [2.45, 2.75) is 58.0 Å². The molecule has 2 amide bonds. The predicted molar refractivity (Wildman–Crippen MR) is 98.7 cm³/mol. The molecule has 1 fully saturated rings. The summed E-state index contributed by atoms with van der Waals surface area (Å²) in [5, 5.41) is 13.5. The molecule has 0 heterocycles. The average molecular weight is 346 g/mol. The van der Waals surface area contributed by atoms with E-state index in [1.165, 1.54) is 0 Å². The third-order valence-corrected chi connectivity index (χ3v) is 5.06. The van der Waals surface area contributed by atoms with Gasteiger partial charge in [-0.2, -0.15) is 0 Å². The minimum atomic E-state index is -0.787. The molecule has 138 valence electrons. The average Bonchev–Trinajstić information content (AvgIpc) is 2.86. The Morgan fingerprint density at radius 1 is 1.00 bits per heavy atom. The lowest BCUT2D eigenvalue weighted by atomic mass is 9.94. The Kier molecular flexibility index (Phi) is 7.00. The van der Waals surface area contributed by atoms with Gasteiger partial charge in [-0.25, -0.2) is 0 Å². The van der Waals surface area contributed by atoms with Crippen LogP contribution in [0, 0.1) is 0 Å². The standard InChI is InChI=1S/C20H30N2O3/c1-3-22(4-2)19(24)17-11-9-16(10-12-17)18(23)21-15-20(25)13-7-5-6-8-14-20/h9-12,25H,3-8,13-15H2,1-2H3,(H,21,23). The number of nitrogens with one attached hydrogen (secondary N) is 1. The Balaban J connectivity index is 1.95. The van der Waals surface area contributed by atoms with Gasteiger partial charge in [-0.1, -0.05) is 25.7 Å². The molecule has 0 radical (unpaired) electrons. The van der Waals surface area contributed by atoms with Gasteiger partial charge < -0.3 is 15.3 Å². The minimum Gasteiger partial charge on any atom is -0.388 e. The summed E-state index contributed by atoms with van der Waals surface area (Å²) in [5.74, 6) is -0.232. The van der Waals surface area contributed by atoms with Crippen molar-refractivity contribution in [1.29, 1.82) is 0 Å². The lowest BCUT2D eigenvalue weighted by Gasteiger charge is -2.26. The zero-order valence-corrected chi connectivity index (χ0v) is 15.4. The van der Waals surface area contributed by atoms with Crippen molar-refractivity contribution in [3.05, 3.63) is 35.4 Å². The van der Waals surface area contributed by atoms with E-state index in [0.29, 0.717) is 24.2 Å². The molecule has 0 aliphatic heterocycles. The van der Waals surface area contributed by atoms with Gasteiger partial charge >= 0.3 is 0 Å². The molecule has 5 nitrogen and oxygen atoms in total. The van der Waals surface area contributed by atoms with Crippen LogP contribution >= 0.6 is 0 Å². The number of hydrogen-bond donors (Lipinski definition) is 2. The number of carbonyl (C=O) groups excluding carboxylic acids is 2. The third kappa shape index (κ3) is 5.30. The quantitative estimate of drug-likeness (QED) is 0.778. The fourth-order valence-corrected chi connectivity index (χ4v) is 3.37. The van der Waals surface area contributed by atoms with Crippen molar-refractivity contribution in [2.75, 3.05) is 19.6 Å². The van der Waals surface area contributed by atoms with Crippen LogP contribution in [0.2, 0.25) is 0 Å². The first kappa shape index (κ1) is 19.4. The molecule has 0 saturated heterocycles. The van der Waals surface area contributed by atoms with E-state index in [1.54, 1.807) is 29.2 Å². The van der Waals surface area contributed by atoms with Crippen LogP contribution in [-0.4, -0.2) is 47.1 Å². The van der Waals surface area contributed by atoms with E-state index in [1.807, 2.05) is 13.8 Å². The van der Waals surface area contributed by atoms with Crippen LogP contribution in [-0.2, 0) is 0 Å². The molecule has 0 unspecified atom stereocenters. The van der Waals surface area contributed by atoms with E-state index in [4.69, 9.17) is 0 Å². The van der Waals surface area contributed by atoms with E-state index in [-0.39, 0.29) is 18.4 Å². The highest BCUT2D eigenvalue weighted by atomic mass is 16.3. The zero-order valence-electron chi connectivity index (χ0n) is 15.4. The fraction of sp³-hybridized carbons (Fsp3) is 0.600. The maximum atomic E-state index is 12.3. The van der Waals surface area contributed by atoms with Crippen LogP contribution in [0.3, 0.4) is 0 Å². The summed E-state index contributed by atoms with van der Waals surface area (Å²) in [6.07, 6.45) is 5.80. The SMILES string of the molecule is CCN(CC)C(=O)c1ccc(C(=O)NCC2(O)CCCCCC2)cc1. The van der Waals surface area contributed by atoms with Gasteiger partial charge in [0.1, 0.15) is 0 Å². The maximum absolute atomic E-state index is 12.3. The van der Waals surface area contributed by atoms with Gasteiger partial charge in [0.2, 0.25) is 0 Å². The van der Waals surface area contributed by atoms with Gasteiger partial charge in [0.25, 0.3) is 11.8 Å². The number of aliphatic hydroxyl groups is 1. The summed E-state index contributed by atoms with van der Waals surface area (Å²) in [5.41, 5.74) is 0.307. The normalized spacial score (nSPS) is 16.8. The summed E-state index contributed by atoms with van der Waals surface area (Å²) in [6.45, 7) is 5.50. The number of benzene rings is 1. The van der Waals surface area contributed by atoms with E-state index in [9.17, 15) is 14.7 Å². The van der Waals surface area contributed by atoms with E-state index in [2.05, 4.69) is 5.32 Å². The predicted octanol–water partition coefficient (Wildman–Crippen LogP) is 2.98. The summed E-state index contributed by atoms with van der Waals surface area (Å²) >= 11 is 0. The smallest absolute Gasteiger partial charge is 0.253 e. The molecule has 0 spiro atoms. The monoisotopic (exact) mass is 346 g/mol. The molecule has 25 heavy (non-hydrogen) atoms. The third-order valence-electron chi connectivity index (χ3n) is 5.06. The molecule has 1 aliphatic rings. The highest BCUT2D eigenvalue weighted by Crippen LogP contribution is 2.26. The van der Waals surface area contributed by atoms with E-state index in [0.717, 1.165) is 38.5 Å². The van der Waals surface area contributed by atoms with Gasteiger partial charge in [-0.05, 0) is 51.0 Å².